The summed E-state index contributed by atoms with van der Waals surface area (Å²) in [4.78, 5) is 4.92. The van der Waals surface area contributed by atoms with Gasteiger partial charge in [0.2, 0.25) is 0 Å². The molecular weight excluding hydrogens is 284 g/mol. The molecule has 0 aromatic heterocycles. The number of piperidine rings is 1. The van der Waals surface area contributed by atoms with E-state index in [9.17, 15) is 0 Å². The highest BCUT2D eigenvalue weighted by Gasteiger charge is 2.26. The Labute approximate surface area is 132 Å². The molecule has 0 radical (unpaired) electrons. The maximum Gasteiger partial charge on any atom is 0.0702 e. The van der Waals surface area contributed by atoms with Gasteiger partial charge in [-0.2, -0.15) is 0 Å². The van der Waals surface area contributed by atoms with Gasteiger partial charge in [-0.15, -0.1) is 0 Å². The third-order valence-electron chi connectivity index (χ3n) is 4.80. The standard InChI is InChI=1S/C17H25ClN2O/c1-19(13-15-5-4-12-21-15)14-8-10-20(11-9-14)17-7-3-2-6-16(17)18/h2-3,6-7,14-15H,4-5,8-13H2,1H3. The number of hydrogen-bond acceptors (Lipinski definition) is 3. The molecule has 2 saturated heterocycles. The monoisotopic (exact) mass is 308 g/mol. The zero-order valence-electron chi connectivity index (χ0n) is 12.8. The lowest BCUT2D eigenvalue weighted by molar-refractivity contribution is 0.0636. The molecule has 3 nitrogen and oxygen atoms in total. The van der Waals surface area contributed by atoms with Crippen LogP contribution in [0.5, 0.6) is 0 Å². The zero-order chi connectivity index (χ0) is 14.7. The lowest BCUT2D eigenvalue weighted by Crippen LogP contribution is -2.45. The van der Waals surface area contributed by atoms with E-state index in [2.05, 4.69) is 29.0 Å². The molecule has 1 aromatic rings. The van der Waals surface area contributed by atoms with Crippen LogP contribution in [-0.4, -0.2) is 50.3 Å². The Hall–Kier alpha value is -0.770. The molecule has 116 valence electrons. The highest BCUT2D eigenvalue weighted by molar-refractivity contribution is 6.33. The first-order chi connectivity index (χ1) is 10.2. The molecule has 0 amide bonds. The average molecular weight is 309 g/mol. The molecule has 2 aliphatic rings. The first kappa shape index (κ1) is 15.1. The van der Waals surface area contributed by atoms with Crippen LogP contribution < -0.4 is 4.90 Å². The van der Waals surface area contributed by atoms with Crippen LogP contribution >= 0.6 is 11.6 Å². The number of nitrogens with zero attached hydrogens (tertiary/aromatic N) is 2. The molecule has 1 aromatic carbocycles. The van der Waals surface area contributed by atoms with Crippen LogP contribution in [0.3, 0.4) is 0 Å². The summed E-state index contributed by atoms with van der Waals surface area (Å²) in [6, 6.07) is 8.84. The quantitative estimate of drug-likeness (QED) is 0.847. The second kappa shape index (κ2) is 6.99. The predicted octanol–water partition coefficient (Wildman–Crippen LogP) is 3.42. The van der Waals surface area contributed by atoms with Crippen LogP contribution in [0.1, 0.15) is 25.7 Å². The largest absolute Gasteiger partial charge is 0.377 e. The Bertz CT molecular complexity index is 454. The Kier molecular flexibility index (Phi) is 5.04. The highest BCUT2D eigenvalue weighted by atomic mass is 35.5. The van der Waals surface area contributed by atoms with Crippen molar-refractivity contribution in [3.63, 3.8) is 0 Å². The van der Waals surface area contributed by atoms with Crippen molar-refractivity contribution in [2.24, 2.45) is 0 Å². The molecule has 21 heavy (non-hydrogen) atoms. The topological polar surface area (TPSA) is 15.7 Å². The normalized spacial score (nSPS) is 24.0. The third-order valence-corrected chi connectivity index (χ3v) is 5.12. The van der Waals surface area contributed by atoms with Gasteiger partial charge < -0.3 is 14.5 Å². The van der Waals surface area contributed by atoms with E-state index in [1.807, 2.05) is 12.1 Å². The van der Waals surface area contributed by atoms with Crippen molar-refractivity contribution in [2.45, 2.75) is 37.8 Å². The SMILES string of the molecule is CN(CC1CCCO1)C1CCN(c2ccccc2Cl)CC1. The van der Waals surface area contributed by atoms with Gasteiger partial charge in [0.1, 0.15) is 0 Å². The summed E-state index contributed by atoms with van der Waals surface area (Å²) in [5, 5.41) is 0.865. The van der Waals surface area contributed by atoms with E-state index in [0.717, 1.165) is 31.3 Å². The summed E-state index contributed by atoms with van der Waals surface area (Å²) in [5.74, 6) is 0. The van der Waals surface area contributed by atoms with Crippen molar-refractivity contribution in [3.05, 3.63) is 29.3 Å². The van der Waals surface area contributed by atoms with Gasteiger partial charge >= 0.3 is 0 Å². The van der Waals surface area contributed by atoms with Crippen LogP contribution in [-0.2, 0) is 4.74 Å². The number of halogens is 1. The fraction of sp³-hybridized carbons (Fsp3) is 0.647. The van der Waals surface area contributed by atoms with E-state index >= 15 is 0 Å². The predicted molar refractivity (Wildman–Crippen MR) is 88.3 cm³/mol. The number of rotatable bonds is 4. The van der Waals surface area contributed by atoms with Crippen LogP contribution in [0.2, 0.25) is 5.02 Å². The van der Waals surface area contributed by atoms with Gasteiger partial charge in [-0.05, 0) is 44.9 Å². The molecule has 0 N–H and O–H groups in total. The van der Waals surface area contributed by atoms with Gasteiger partial charge in [0, 0.05) is 32.3 Å². The number of benzene rings is 1. The Morgan fingerprint density at radius 2 is 2.00 bits per heavy atom. The summed E-state index contributed by atoms with van der Waals surface area (Å²) in [7, 11) is 2.25. The highest BCUT2D eigenvalue weighted by Crippen LogP contribution is 2.29. The van der Waals surface area contributed by atoms with E-state index in [-0.39, 0.29) is 0 Å². The van der Waals surface area contributed by atoms with Crippen molar-refractivity contribution in [3.8, 4) is 0 Å². The Morgan fingerprint density at radius 3 is 2.67 bits per heavy atom. The van der Waals surface area contributed by atoms with Crippen molar-refractivity contribution in [2.75, 3.05) is 38.2 Å². The summed E-state index contributed by atoms with van der Waals surface area (Å²) in [6.45, 7) is 4.20. The summed E-state index contributed by atoms with van der Waals surface area (Å²) in [6.07, 6.45) is 5.31. The minimum absolute atomic E-state index is 0.455. The summed E-state index contributed by atoms with van der Waals surface area (Å²) < 4.78 is 5.75. The Morgan fingerprint density at radius 1 is 1.24 bits per heavy atom. The molecule has 1 unspecified atom stereocenters. The molecule has 0 bridgehead atoms. The zero-order valence-corrected chi connectivity index (χ0v) is 13.6. The van der Waals surface area contributed by atoms with Crippen molar-refractivity contribution < 1.29 is 4.74 Å². The molecule has 0 saturated carbocycles. The second-order valence-corrected chi connectivity index (χ2v) is 6.65. The molecule has 1 atom stereocenters. The van der Waals surface area contributed by atoms with E-state index in [1.165, 1.54) is 31.4 Å². The number of ether oxygens (including phenoxy) is 1. The molecular formula is C17H25ClN2O. The fourth-order valence-corrected chi connectivity index (χ4v) is 3.77. The summed E-state index contributed by atoms with van der Waals surface area (Å²) in [5.41, 5.74) is 1.18. The van der Waals surface area contributed by atoms with Gasteiger partial charge in [0.15, 0.2) is 0 Å². The van der Waals surface area contributed by atoms with Crippen molar-refractivity contribution in [1.82, 2.24) is 4.90 Å². The number of likely N-dealkylation sites (N-methyl/N-ethyl adjacent to an activating group) is 1. The van der Waals surface area contributed by atoms with Gasteiger partial charge in [-0.25, -0.2) is 0 Å². The van der Waals surface area contributed by atoms with E-state index in [4.69, 9.17) is 16.3 Å². The maximum atomic E-state index is 6.30. The number of para-hydroxylation sites is 1. The first-order valence-electron chi connectivity index (χ1n) is 8.05. The minimum atomic E-state index is 0.455. The van der Waals surface area contributed by atoms with Crippen LogP contribution in [0, 0.1) is 0 Å². The van der Waals surface area contributed by atoms with Gasteiger partial charge in [0.05, 0.1) is 16.8 Å². The molecule has 2 fully saturated rings. The van der Waals surface area contributed by atoms with E-state index in [0.29, 0.717) is 12.1 Å². The van der Waals surface area contributed by atoms with E-state index < -0.39 is 0 Å². The van der Waals surface area contributed by atoms with Crippen molar-refractivity contribution >= 4 is 17.3 Å². The van der Waals surface area contributed by atoms with Crippen molar-refractivity contribution in [1.29, 1.82) is 0 Å². The molecule has 3 rings (SSSR count). The van der Waals surface area contributed by atoms with E-state index in [1.54, 1.807) is 0 Å². The smallest absolute Gasteiger partial charge is 0.0702 e. The second-order valence-electron chi connectivity index (χ2n) is 6.24. The van der Waals surface area contributed by atoms with Gasteiger partial charge in [-0.1, -0.05) is 23.7 Å². The molecule has 2 aliphatic heterocycles. The maximum absolute atomic E-state index is 6.30. The van der Waals surface area contributed by atoms with Gasteiger partial charge in [-0.3, -0.25) is 0 Å². The number of anilines is 1. The number of hydrogen-bond donors (Lipinski definition) is 0. The van der Waals surface area contributed by atoms with Crippen LogP contribution in [0.25, 0.3) is 0 Å². The minimum Gasteiger partial charge on any atom is -0.377 e. The summed E-state index contributed by atoms with van der Waals surface area (Å²) >= 11 is 6.30. The molecule has 0 aliphatic carbocycles. The third kappa shape index (κ3) is 3.71. The fourth-order valence-electron chi connectivity index (χ4n) is 3.51. The lowest BCUT2D eigenvalue weighted by atomic mass is 10.0. The Balaban J connectivity index is 1.51. The van der Waals surface area contributed by atoms with Crippen LogP contribution in [0.4, 0.5) is 5.69 Å². The average Bonchev–Trinajstić information content (AvgIpc) is 3.01. The molecule has 0 spiro atoms. The van der Waals surface area contributed by atoms with Crippen LogP contribution in [0.15, 0.2) is 24.3 Å². The molecule has 4 heteroatoms. The molecule has 2 heterocycles. The first-order valence-corrected chi connectivity index (χ1v) is 8.43. The van der Waals surface area contributed by atoms with Gasteiger partial charge in [0.25, 0.3) is 0 Å². The lowest BCUT2D eigenvalue weighted by Gasteiger charge is -2.38.